The summed E-state index contributed by atoms with van der Waals surface area (Å²) in [5.41, 5.74) is 5.01. The number of methoxy groups -OCH3 is 1. The number of halogens is 2. The van der Waals surface area contributed by atoms with Crippen LogP contribution in [0.3, 0.4) is 0 Å². The molecule has 2 aliphatic rings. The second kappa shape index (κ2) is 9.15. The summed E-state index contributed by atoms with van der Waals surface area (Å²) < 4.78 is 9.03. The number of allylic oxidation sites excluding steroid dienone is 4. The number of pyridine rings is 1. The Kier molecular flexibility index (Phi) is 6.14. The first-order valence-electron chi connectivity index (χ1n) is 11.4. The van der Waals surface area contributed by atoms with E-state index in [2.05, 4.69) is 12.2 Å². The van der Waals surface area contributed by atoms with Gasteiger partial charge >= 0.3 is 0 Å². The molecule has 0 saturated carbocycles. The Morgan fingerprint density at radius 1 is 1.19 bits per heavy atom. The highest BCUT2D eigenvalue weighted by Gasteiger charge is 2.38. The molecule has 0 radical (unpaired) electrons. The van der Waals surface area contributed by atoms with E-state index in [-0.39, 0.29) is 16.5 Å². The lowest BCUT2D eigenvalue weighted by Crippen LogP contribution is -2.29. The summed E-state index contributed by atoms with van der Waals surface area (Å²) in [6, 6.07) is 8.69. The second-order valence-electron chi connectivity index (χ2n) is 8.82. The Morgan fingerprint density at radius 3 is 2.64 bits per heavy atom. The largest absolute Gasteiger partial charge is 0.496 e. The molecule has 184 valence electrons. The number of aromatic nitrogens is 3. The van der Waals surface area contributed by atoms with Gasteiger partial charge in [-0.25, -0.2) is 4.98 Å². The zero-order valence-corrected chi connectivity index (χ0v) is 21.7. The van der Waals surface area contributed by atoms with Gasteiger partial charge in [0.05, 0.1) is 30.1 Å². The minimum Gasteiger partial charge on any atom is -0.496 e. The van der Waals surface area contributed by atoms with E-state index in [9.17, 15) is 9.59 Å². The van der Waals surface area contributed by atoms with E-state index in [1.165, 1.54) is 4.57 Å². The number of nitrogens with zero attached hydrogens (tertiary/aromatic N) is 3. The quantitative estimate of drug-likeness (QED) is 0.427. The Balaban J connectivity index is 1.80. The maximum absolute atomic E-state index is 12.3. The molecule has 1 aliphatic heterocycles. The molecule has 0 amide bonds. The van der Waals surface area contributed by atoms with Gasteiger partial charge in [0, 0.05) is 29.9 Å². The van der Waals surface area contributed by atoms with Gasteiger partial charge in [0.15, 0.2) is 6.29 Å². The van der Waals surface area contributed by atoms with Crippen molar-refractivity contribution in [1.82, 2.24) is 14.1 Å². The first-order valence-corrected chi connectivity index (χ1v) is 12.1. The maximum Gasteiger partial charge on any atom is 0.269 e. The van der Waals surface area contributed by atoms with Crippen LogP contribution in [0, 0.1) is 5.92 Å². The van der Waals surface area contributed by atoms with Gasteiger partial charge in [-0.15, -0.1) is 0 Å². The van der Waals surface area contributed by atoms with Gasteiger partial charge in [-0.2, -0.15) is 0 Å². The molecule has 5 rings (SSSR count). The summed E-state index contributed by atoms with van der Waals surface area (Å²) in [5, 5.41) is 4.31. The number of rotatable bonds is 5. The number of para-hydroxylation sites is 1. The SMILES string of the molecule is COc1ccccc1-c1nc(C=O)c2n1C(C)=C1C(=CC=C(Cl)C1C)C2Nc1cc(Cl)c(=O)n(C)c1. The number of hydrogen-bond acceptors (Lipinski definition) is 5. The molecular formula is C27H24Cl2N4O3. The number of benzene rings is 1. The van der Waals surface area contributed by atoms with Crippen molar-refractivity contribution in [1.29, 1.82) is 0 Å². The number of carbonyl (C=O) groups is 1. The summed E-state index contributed by atoms with van der Waals surface area (Å²) in [6.45, 7) is 4.06. The van der Waals surface area contributed by atoms with Gasteiger partial charge in [0.25, 0.3) is 5.56 Å². The number of fused-ring (bicyclic) bond motifs is 2. The Morgan fingerprint density at radius 2 is 1.94 bits per heavy atom. The molecule has 0 spiro atoms. The fraction of sp³-hybridized carbons (Fsp3) is 0.222. The van der Waals surface area contributed by atoms with Crippen molar-refractivity contribution < 1.29 is 9.53 Å². The lowest BCUT2D eigenvalue weighted by Gasteiger charge is -2.37. The third-order valence-electron chi connectivity index (χ3n) is 6.74. The average molecular weight is 523 g/mol. The minimum absolute atomic E-state index is 0.0690. The smallest absolute Gasteiger partial charge is 0.269 e. The van der Waals surface area contributed by atoms with Crippen molar-refractivity contribution in [2.75, 3.05) is 12.4 Å². The first-order chi connectivity index (χ1) is 17.3. The maximum atomic E-state index is 12.3. The van der Waals surface area contributed by atoms with Gasteiger partial charge in [0.2, 0.25) is 0 Å². The van der Waals surface area contributed by atoms with Crippen LogP contribution in [0.15, 0.2) is 69.7 Å². The summed E-state index contributed by atoms with van der Waals surface area (Å²) >= 11 is 12.8. The van der Waals surface area contributed by atoms with Gasteiger partial charge in [-0.1, -0.05) is 48.3 Å². The van der Waals surface area contributed by atoms with E-state index >= 15 is 0 Å². The standard InChI is InChI=1S/C27H24Cl2N4O3/c1-14-19(28)10-9-18-23(14)15(2)33-25(24(18)30-16-11-20(29)27(35)32(3)12-16)21(13-34)31-26(33)17-7-5-6-8-22(17)36-4/h5-14,24,30H,1-4H3. The predicted molar refractivity (Wildman–Crippen MR) is 143 cm³/mol. The van der Waals surface area contributed by atoms with Crippen molar-refractivity contribution in [3.63, 3.8) is 0 Å². The number of hydrogen-bond donors (Lipinski definition) is 1. The average Bonchev–Trinajstić information content (AvgIpc) is 3.26. The van der Waals surface area contributed by atoms with E-state index in [1.807, 2.05) is 47.9 Å². The number of imidazole rings is 1. The molecule has 0 fully saturated rings. The number of nitrogens with one attached hydrogen (secondary N) is 1. The molecule has 2 aromatic heterocycles. The van der Waals surface area contributed by atoms with Crippen molar-refractivity contribution in [2.24, 2.45) is 13.0 Å². The molecule has 1 aliphatic carbocycles. The van der Waals surface area contributed by atoms with Gasteiger partial charge < -0.3 is 14.6 Å². The van der Waals surface area contributed by atoms with Crippen LogP contribution in [0.5, 0.6) is 5.75 Å². The predicted octanol–water partition coefficient (Wildman–Crippen LogP) is 5.82. The molecule has 3 aromatic rings. The summed E-state index contributed by atoms with van der Waals surface area (Å²) in [4.78, 5) is 29.3. The Bertz CT molecular complexity index is 1540. The van der Waals surface area contributed by atoms with Gasteiger partial charge in [-0.3, -0.25) is 14.2 Å². The third-order valence-corrected chi connectivity index (χ3v) is 7.47. The molecule has 2 unspecified atom stereocenters. The molecule has 0 saturated heterocycles. The van der Waals surface area contributed by atoms with Crippen LogP contribution in [-0.2, 0) is 7.05 Å². The lowest BCUT2D eigenvalue weighted by atomic mass is 9.80. The van der Waals surface area contributed by atoms with Crippen LogP contribution in [0.1, 0.15) is 36.1 Å². The minimum atomic E-state index is -0.461. The first kappa shape index (κ1) is 24.2. The van der Waals surface area contributed by atoms with E-state index < -0.39 is 6.04 Å². The number of carbonyl (C=O) groups excluding carboxylic acids is 1. The number of ether oxygens (including phenoxy) is 1. The highest BCUT2D eigenvalue weighted by Crippen LogP contribution is 2.49. The van der Waals surface area contributed by atoms with Gasteiger partial charge in [-0.05, 0) is 42.3 Å². The van der Waals surface area contributed by atoms with Crippen LogP contribution in [0.4, 0.5) is 5.69 Å². The van der Waals surface area contributed by atoms with Crippen molar-refractivity contribution in [3.05, 3.63) is 91.6 Å². The van der Waals surface area contributed by atoms with E-state index in [1.54, 1.807) is 26.4 Å². The third kappa shape index (κ3) is 3.70. The normalized spacial score (nSPS) is 18.7. The molecule has 2 atom stereocenters. The van der Waals surface area contributed by atoms with Gasteiger partial charge in [0.1, 0.15) is 22.3 Å². The van der Waals surface area contributed by atoms with E-state index in [4.69, 9.17) is 32.9 Å². The Hall–Kier alpha value is -3.55. The molecule has 36 heavy (non-hydrogen) atoms. The van der Waals surface area contributed by atoms with Crippen molar-refractivity contribution in [2.45, 2.75) is 19.9 Å². The lowest BCUT2D eigenvalue weighted by molar-refractivity contribution is 0.111. The van der Waals surface area contributed by atoms with Crippen molar-refractivity contribution >= 4 is 40.9 Å². The fourth-order valence-corrected chi connectivity index (χ4v) is 5.48. The Labute approximate surface area is 218 Å². The molecule has 7 nitrogen and oxygen atoms in total. The zero-order valence-electron chi connectivity index (χ0n) is 20.2. The van der Waals surface area contributed by atoms with Crippen LogP contribution >= 0.6 is 23.2 Å². The molecule has 1 aromatic carbocycles. The monoisotopic (exact) mass is 522 g/mol. The number of aldehydes is 1. The summed E-state index contributed by atoms with van der Waals surface area (Å²) in [5.74, 6) is 1.17. The molecule has 9 heteroatoms. The molecule has 1 N–H and O–H groups in total. The van der Waals surface area contributed by atoms with Crippen LogP contribution in [0.2, 0.25) is 5.02 Å². The van der Waals surface area contributed by atoms with Crippen LogP contribution in [0.25, 0.3) is 17.1 Å². The van der Waals surface area contributed by atoms with Crippen molar-refractivity contribution in [3.8, 4) is 17.1 Å². The summed E-state index contributed by atoms with van der Waals surface area (Å²) in [6.07, 6.45) is 6.29. The zero-order chi connectivity index (χ0) is 25.7. The molecular weight excluding hydrogens is 499 g/mol. The van der Waals surface area contributed by atoms with E-state index in [0.29, 0.717) is 28.6 Å². The van der Waals surface area contributed by atoms with E-state index in [0.717, 1.165) is 33.7 Å². The topological polar surface area (TPSA) is 78.2 Å². The highest BCUT2D eigenvalue weighted by atomic mass is 35.5. The number of aryl methyl sites for hydroxylation is 1. The fourth-order valence-electron chi connectivity index (χ4n) is 5.06. The van der Waals surface area contributed by atoms with Crippen LogP contribution < -0.4 is 15.6 Å². The second-order valence-corrected chi connectivity index (χ2v) is 9.67. The van der Waals surface area contributed by atoms with Crippen LogP contribution in [-0.4, -0.2) is 27.5 Å². The number of anilines is 1. The highest BCUT2D eigenvalue weighted by molar-refractivity contribution is 6.31. The molecule has 0 bridgehead atoms. The summed E-state index contributed by atoms with van der Waals surface area (Å²) in [7, 11) is 3.24. The molecule has 3 heterocycles.